The van der Waals surface area contributed by atoms with Crippen LogP contribution in [-0.4, -0.2) is 16.9 Å². The average Bonchev–Trinajstić information content (AvgIpc) is 2.69. The van der Waals surface area contributed by atoms with Crippen LogP contribution in [0.3, 0.4) is 0 Å². The van der Waals surface area contributed by atoms with Crippen LogP contribution in [-0.2, 0) is 16.0 Å². The van der Waals surface area contributed by atoms with Crippen molar-refractivity contribution in [3.8, 4) is 5.75 Å². The van der Waals surface area contributed by atoms with E-state index in [9.17, 15) is 14.0 Å². The molecular formula is C23H19FN2O3. The molecule has 1 N–H and O–H groups in total. The van der Waals surface area contributed by atoms with Gasteiger partial charge in [-0.1, -0.05) is 36.4 Å². The molecule has 29 heavy (non-hydrogen) atoms. The molecule has 3 rings (SSSR count). The highest BCUT2D eigenvalue weighted by atomic mass is 19.1. The van der Waals surface area contributed by atoms with Gasteiger partial charge in [0.1, 0.15) is 17.4 Å². The summed E-state index contributed by atoms with van der Waals surface area (Å²) in [6.45, 7) is 1.43. The molecule has 0 fully saturated rings. The lowest BCUT2D eigenvalue weighted by Crippen LogP contribution is -2.11. The second-order valence-electron chi connectivity index (χ2n) is 6.34. The van der Waals surface area contributed by atoms with E-state index in [-0.39, 0.29) is 18.1 Å². The van der Waals surface area contributed by atoms with Crippen LogP contribution in [0.4, 0.5) is 10.2 Å². The number of aromatic nitrogens is 1. The molecule has 5 nitrogen and oxygen atoms in total. The van der Waals surface area contributed by atoms with Gasteiger partial charge in [-0.3, -0.25) is 9.59 Å². The first-order valence-electron chi connectivity index (χ1n) is 8.95. The third-order valence-corrected chi connectivity index (χ3v) is 3.93. The van der Waals surface area contributed by atoms with Crippen molar-refractivity contribution in [2.75, 3.05) is 5.32 Å². The summed E-state index contributed by atoms with van der Waals surface area (Å²) in [7, 11) is 0. The summed E-state index contributed by atoms with van der Waals surface area (Å²) in [6.07, 6.45) is 5.48. The first-order valence-corrected chi connectivity index (χ1v) is 8.95. The number of pyridine rings is 1. The van der Waals surface area contributed by atoms with Gasteiger partial charge in [0.05, 0.1) is 6.42 Å². The highest BCUT2D eigenvalue weighted by Gasteiger charge is 2.06. The van der Waals surface area contributed by atoms with E-state index < -0.39 is 5.97 Å². The third kappa shape index (κ3) is 6.39. The largest absolute Gasteiger partial charge is 0.426 e. The lowest BCUT2D eigenvalue weighted by atomic mass is 10.1. The number of hydrogen-bond acceptors (Lipinski definition) is 4. The van der Waals surface area contributed by atoms with Gasteiger partial charge >= 0.3 is 5.97 Å². The molecule has 0 aliphatic rings. The van der Waals surface area contributed by atoms with Crippen molar-refractivity contribution in [2.45, 2.75) is 13.3 Å². The van der Waals surface area contributed by atoms with E-state index in [4.69, 9.17) is 4.74 Å². The van der Waals surface area contributed by atoms with Crippen molar-refractivity contribution in [3.05, 3.63) is 89.4 Å². The van der Waals surface area contributed by atoms with Crippen LogP contribution in [0.1, 0.15) is 23.6 Å². The molecule has 0 unspecified atom stereocenters. The van der Waals surface area contributed by atoms with Gasteiger partial charge < -0.3 is 10.1 Å². The summed E-state index contributed by atoms with van der Waals surface area (Å²) >= 11 is 0. The maximum atomic E-state index is 12.9. The fourth-order valence-electron chi connectivity index (χ4n) is 2.58. The molecule has 0 bridgehead atoms. The van der Waals surface area contributed by atoms with E-state index in [1.807, 2.05) is 30.4 Å². The Balaban J connectivity index is 1.58. The van der Waals surface area contributed by atoms with E-state index >= 15 is 0 Å². The van der Waals surface area contributed by atoms with Gasteiger partial charge in [-0.05, 0) is 53.1 Å². The van der Waals surface area contributed by atoms with Gasteiger partial charge in [-0.15, -0.1) is 0 Å². The Bertz CT molecular complexity index is 1030. The maximum Gasteiger partial charge on any atom is 0.315 e. The first-order chi connectivity index (χ1) is 14.0. The SMILES string of the molecule is CC(=O)Nc1cc(/C=C/c2ccc(OC(=O)Cc3ccc(F)cc3)cc2)ccn1. The fraction of sp³-hybridized carbons (Fsp3) is 0.0870. The summed E-state index contributed by atoms with van der Waals surface area (Å²) in [4.78, 5) is 27.2. The number of carbonyl (C=O) groups excluding carboxylic acids is 2. The molecule has 2 aromatic carbocycles. The Morgan fingerprint density at radius 2 is 1.69 bits per heavy atom. The van der Waals surface area contributed by atoms with Gasteiger partial charge in [-0.25, -0.2) is 9.37 Å². The number of halogens is 1. The molecule has 0 aliphatic heterocycles. The molecule has 6 heteroatoms. The zero-order chi connectivity index (χ0) is 20.6. The normalized spacial score (nSPS) is 10.7. The minimum Gasteiger partial charge on any atom is -0.426 e. The predicted molar refractivity (Wildman–Crippen MR) is 110 cm³/mol. The number of ether oxygens (including phenoxy) is 1. The number of benzene rings is 2. The van der Waals surface area contributed by atoms with Crippen LogP contribution in [0.15, 0.2) is 66.9 Å². The topological polar surface area (TPSA) is 68.3 Å². The zero-order valence-electron chi connectivity index (χ0n) is 15.8. The maximum absolute atomic E-state index is 12.9. The highest BCUT2D eigenvalue weighted by molar-refractivity contribution is 5.88. The minimum absolute atomic E-state index is 0.0700. The number of nitrogens with one attached hydrogen (secondary N) is 1. The van der Waals surface area contributed by atoms with E-state index in [0.717, 1.165) is 11.1 Å². The van der Waals surface area contributed by atoms with Crippen LogP contribution >= 0.6 is 0 Å². The van der Waals surface area contributed by atoms with Crippen LogP contribution in [0, 0.1) is 5.82 Å². The van der Waals surface area contributed by atoms with Gasteiger partial charge in [0.15, 0.2) is 0 Å². The zero-order valence-corrected chi connectivity index (χ0v) is 15.8. The van der Waals surface area contributed by atoms with Gasteiger partial charge in [0.25, 0.3) is 0 Å². The van der Waals surface area contributed by atoms with Crippen molar-refractivity contribution in [2.24, 2.45) is 0 Å². The lowest BCUT2D eigenvalue weighted by molar-refractivity contribution is -0.133. The fourth-order valence-corrected chi connectivity index (χ4v) is 2.58. The monoisotopic (exact) mass is 390 g/mol. The molecule has 0 saturated heterocycles. The summed E-state index contributed by atoms with van der Waals surface area (Å²) in [5, 5.41) is 2.64. The number of esters is 1. The number of nitrogens with zero attached hydrogens (tertiary/aromatic N) is 1. The number of amides is 1. The van der Waals surface area contributed by atoms with E-state index in [2.05, 4.69) is 10.3 Å². The molecule has 0 spiro atoms. The summed E-state index contributed by atoms with van der Waals surface area (Å²) in [6, 6.07) is 16.4. The number of rotatable bonds is 6. The molecule has 1 heterocycles. The number of carbonyl (C=O) groups is 2. The Labute approximate surface area is 167 Å². The standard InChI is InChI=1S/C23H19FN2O3/c1-16(27)26-22-14-19(12-13-25-22)3-2-17-6-10-21(11-7-17)29-23(28)15-18-4-8-20(24)9-5-18/h2-14H,15H2,1H3,(H,25,26,27)/b3-2+. The van der Waals surface area contributed by atoms with Crippen molar-refractivity contribution < 1.29 is 18.7 Å². The molecule has 0 atom stereocenters. The molecule has 0 saturated carbocycles. The molecule has 0 radical (unpaired) electrons. The van der Waals surface area contributed by atoms with Crippen LogP contribution in [0.25, 0.3) is 12.2 Å². The Morgan fingerprint density at radius 3 is 2.38 bits per heavy atom. The number of hydrogen-bond donors (Lipinski definition) is 1. The van der Waals surface area contributed by atoms with Crippen molar-refractivity contribution in [1.82, 2.24) is 4.98 Å². The Morgan fingerprint density at radius 1 is 1.00 bits per heavy atom. The number of anilines is 1. The summed E-state index contributed by atoms with van der Waals surface area (Å²) in [5.41, 5.74) is 2.49. The van der Waals surface area contributed by atoms with Crippen molar-refractivity contribution in [3.63, 3.8) is 0 Å². The summed E-state index contributed by atoms with van der Waals surface area (Å²) < 4.78 is 18.2. The Kier molecular flexibility index (Phi) is 6.47. The highest BCUT2D eigenvalue weighted by Crippen LogP contribution is 2.16. The third-order valence-electron chi connectivity index (χ3n) is 3.93. The lowest BCUT2D eigenvalue weighted by Gasteiger charge is -2.05. The van der Waals surface area contributed by atoms with E-state index in [0.29, 0.717) is 17.1 Å². The Hall–Kier alpha value is -3.80. The molecule has 0 aliphatic carbocycles. The molecular weight excluding hydrogens is 371 g/mol. The smallest absolute Gasteiger partial charge is 0.315 e. The second-order valence-corrected chi connectivity index (χ2v) is 6.34. The van der Waals surface area contributed by atoms with Gasteiger partial charge in [0, 0.05) is 13.1 Å². The minimum atomic E-state index is -0.415. The van der Waals surface area contributed by atoms with Crippen LogP contribution < -0.4 is 10.1 Å². The van der Waals surface area contributed by atoms with Crippen LogP contribution in [0.2, 0.25) is 0 Å². The molecule has 146 valence electrons. The average molecular weight is 390 g/mol. The molecule has 3 aromatic rings. The first kappa shape index (κ1) is 19.9. The van der Waals surface area contributed by atoms with E-state index in [1.54, 1.807) is 36.5 Å². The van der Waals surface area contributed by atoms with Gasteiger partial charge in [0.2, 0.25) is 5.91 Å². The molecule has 1 aromatic heterocycles. The predicted octanol–water partition coefficient (Wildman–Crippen LogP) is 4.50. The van der Waals surface area contributed by atoms with Crippen molar-refractivity contribution >= 4 is 29.8 Å². The summed E-state index contributed by atoms with van der Waals surface area (Å²) in [5.74, 6) is -0.0107. The van der Waals surface area contributed by atoms with Crippen molar-refractivity contribution in [1.29, 1.82) is 0 Å². The second kappa shape index (κ2) is 9.41. The quantitative estimate of drug-likeness (QED) is 0.497. The van der Waals surface area contributed by atoms with Crippen LogP contribution in [0.5, 0.6) is 5.75 Å². The van der Waals surface area contributed by atoms with E-state index in [1.165, 1.54) is 19.1 Å². The van der Waals surface area contributed by atoms with Gasteiger partial charge in [-0.2, -0.15) is 0 Å². The molecule has 1 amide bonds.